The van der Waals surface area contributed by atoms with Crippen LogP contribution in [-0.2, 0) is 16.0 Å². The van der Waals surface area contributed by atoms with Crippen LogP contribution in [0.5, 0.6) is 0 Å². The lowest BCUT2D eigenvalue weighted by molar-refractivity contribution is -0.141. The van der Waals surface area contributed by atoms with E-state index in [1.807, 2.05) is 0 Å². The molecule has 0 aliphatic carbocycles. The van der Waals surface area contributed by atoms with Gasteiger partial charge in [0.1, 0.15) is 5.82 Å². The molecule has 0 spiro atoms. The van der Waals surface area contributed by atoms with Gasteiger partial charge in [0.15, 0.2) is 0 Å². The summed E-state index contributed by atoms with van der Waals surface area (Å²) in [6, 6.07) is 5.92. The number of amides is 1. The van der Waals surface area contributed by atoms with E-state index in [1.165, 1.54) is 12.1 Å². The Morgan fingerprint density at radius 3 is 2.84 bits per heavy atom. The molecular weight excluding hydrogens is 249 g/mol. The monoisotopic (exact) mass is 267 g/mol. The summed E-state index contributed by atoms with van der Waals surface area (Å²) >= 11 is 0. The Hall–Kier alpha value is -1.46. The second-order valence-corrected chi connectivity index (χ2v) is 4.62. The predicted molar refractivity (Wildman–Crippen MR) is 68.1 cm³/mol. The normalized spacial score (nSPS) is 19.5. The first kappa shape index (κ1) is 14.0. The van der Waals surface area contributed by atoms with E-state index in [9.17, 15) is 14.3 Å². The summed E-state index contributed by atoms with van der Waals surface area (Å²) in [4.78, 5) is 13.8. The molecule has 1 heterocycles. The molecule has 1 aliphatic rings. The van der Waals surface area contributed by atoms with Crippen LogP contribution in [0.1, 0.15) is 12.0 Å². The molecule has 5 heteroatoms. The van der Waals surface area contributed by atoms with Gasteiger partial charge < -0.3 is 14.7 Å². The summed E-state index contributed by atoms with van der Waals surface area (Å²) in [5.41, 5.74) is 0.934. The number of aryl methyl sites for hydroxylation is 1. The van der Waals surface area contributed by atoms with Gasteiger partial charge in [0.2, 0.25) is 5.91 Å². The predicted octanol–water partition coefficient (Wildman–Crippen LogP) is 0.978. The molecule has 0 radical (unpaired) electrons. The number of ether oxygens (including phenoxy) is 1. The van der Waals surface area contributed by atoms with Crippen LogP contribution in [0.25, 0.3) is 0 Å². The van der Waals surface area contributed by atoms with Crippen LogP contribution in [0.15, 0.2) is 24.3 Å². The molecule has 1 unspecified atom stereocenters. The first-order valence-corrected chi connectivity index (χ1v) is 6.43. The maximum absolute atomic E-state index is 12.8. The lowest BCUT2D eigenvalue weighted by Crippen LogP contribution is -2.50. The summed E-state index contributed by atoms with van der Waals surface area (Å²) in [5, 5.41) is 9.21. The van der Waals surface area contributed by atoms with Crippen LogP contribution < -0.4 is 0 Å². The van der Waals surface area contributed by atoms with Crippen LogP contribution in [0, 0.1) is 5.82 Å². The molecule has 104 valence electrons. The molecule has 1 aromatic carbocycles. The molecule has 1 aromatic rings. The summed E-state index contributed by atoms with van der Waals surface area (Å²) in [6.45, 7) is 1.34. The minimum absolute atomic E-state index is 0.00618. The van der Waals surface area contributed by atoms with E-state index in [0.717, 1.165) is 5.56 Å². The van der Waals surface area contributed by atoms with E-state index in [4.69, 9.17) is 4.74 Å². The number of morpholine rings is 1. The van der Waals surface area contributed by atoms with Crippen molar-refractivity contribution in [2.75, 3.05) is 26.4 Å². The lowest BCUT2D eigenvalue weighted by atomic mass is 10.1. The third kappa shape index (κ3) is 3.75. The number of aliphatic hydroxyl groups is 1. The summed E-state index contributed by atoms with van der Waals surface area (Å²) in [5.74, 6) is -0.268. The molecule has 1 fully saturated rings. The zero-order chi connectivity index (χ0) is 13.7. The van der Waals surface area contributed by atoms with Crippen molar-refractivity contribution >= 4 is 5.91 Å². The van der Waals surface area contributed by atoms with Crippen molar-refractivity contribution < 1.29 is 19.0 Å². The van der Waals surface area contributed by atoms with Crippen molar-refractivity contribution in [1.29, 1.82) is 0 Å². The van der Waals surface area contributed by atoms with Crippen molar-refractivity contribution in [3.05, 3.63) is 35.6 Å². The molecule has 19 heavy (non-hydrogen) atoms. The Kier molecular flexibility index (Phi) is 4.87. The van der Waals surface area contributed by atoms with Crippen LogP contribution in [0.4, 0.5) is 4.39 Å². The van der Waals surface area contributed by atoms with Gasteiger partial charge in [0.05, 0.1) is 25.9 Å². The average molecular weight is 267 g/mol. The fraction of sp³-hybridized carbons (Fsp3) is 0.500. The molecule has 1 atom stereocenters. The van der Waals surface area contributed by atoms with E-state index >= 15 is 0 Å². The van der Waals surface area contributed by atoms with E-state index in [-0.39, 0.29) is 24.4 Å². The average Bonchev–Trinajstić information content (AvgIpc) is 2.46. The smallest absolute Gasteiger partial charge is 0.223 e. The largest absolute Gasteiger partial charge is 0.394 e. The maximum atomic E-state index is 12.8. The van der Waals surface area contributed by atoms with Gasteiger partial charge in [-0.2, -0.15) is 0 Å². The highest BCUT2D eigenvalue weighted by molar-refractivity contribution is 5.77. The van der Waals surface area contributed by atoms with Gasteiger partial charge in [-0.25, -0.2) is 4.39 Å². The Morgan fingerprint density at radius 1 is 1.42 bits per heavy atom. The number of aliphatic hydroxyl groups excluding tert-OH is 1. The van der Waals surface area contributed by atoms with Gasteiger partial charge in [0.25, 0.3) is 0 Å². The highest BCUT2D eigenvalue weighted by atomic mass is 19.1. The van der Waals surface area contributed by atoms with E-state index < -0.39 is 0 Å². The van der Waals surface area contributed by atoms with E-state index in [1.54, 1.807) is 17.0 Å². The number of hydrogen-bond donors (Lipinski definition) is 1. The van der Waals surface area contributed by atoms with Gasteiger partial charge in [-0.3, -0.25) is 4.79 Å². The van der Waals surface area contributed by atoms with Crippen molar-refractivity contribution in [2.24, 2.45) is 0 Å². The molecule has 0 saturated carbocycles. The third-order valence-corrected chi connectivity index (χ3v) is 3.30. The number of rotatable bonds is 4. The molecule has 0 bridgehead atoms. The summed E-state index contributed by atoms with van der Waals surface area (Å²) in [6.07, 6.45) is 0.941. The molecule has 1 aliphatic heterocycles. The first-order chi connectivity index (χ1) is 9.20. The van der Waals surface area contributed by atoms with Crippen LogP contribution in [0.3, 0.4) is 0 Å². The zero-order valence-corrected chi connectivity index (χ0v) is 10.7. The SMILES string of the molecule is O=C(CCc1ccc(F)cc1)N1CCOCC1CO. The van der Waals surface area contributed by atoms with Gasteiger partial charge in [-0.05, 0) is 24.1 Å². The number of hydrogen-bond acceptors (Lipinski definition) is 3. The minimum atomic E-state index is -0.274. The van der Waals surface area contributed by atoms with Crippen LogP contribution >= 0.6 is 0 Å². The number of nitrogens with zero attached hydrogens (tertiary/aromatic N) is 1. The van der Waals surface area contributed by atoms with Crippen LogP contribution in [-0.4, -0.2) is 48.3 Å². The zero-order valence-electron chi connectivity index (χ0n) is 10.7. The fourth-order valence-corrected chi connectivity index (χ4v) is 2.18. The van der Waals surface area contributed by atoms with E-state index in [0.29, 0.717) is 32.6 Å². The summed E-state index contributed by atoms with van der Waals surface area (Å²) < 4.78 is 18.0. The Bertz CT molecular complexity index is 421. The Labute approximate surface area is 111 Å². The van der Waals surface area contributed by atoms with Gasteiger partial charge in [-0.15, -0.1) is 0 Å². The number of benzene rings is 1. The highest BCUT2D eigenvalue weighted by Crippen LogP contribution is 2.11. The third-order valence-electron chi connectivity index (χ3n) is 3.30. The lowest BCUT2D eigenvalue weighted by Gasteiger charge is -2.34. The Balaban J connectivity index is 1.87. The standard InChI is InChI=1S/C14H18FNO3/c15-12-4-1-11(2-5-12)3-6-14(18)16-7-8-19-10-13(16)9-17/h1-2,4-5,13,17H,3,6-10H2. The molecule has 2 rings (SSSR count). The van der Waals surface area contributed by atoms with Crippen molar-refractivity contribution in [2.45, 2.75) is 18.9 Å². The Morgan fingerprint density at radius 2 is 2.16 bits per heavy atom. The molecular formula is C14H18FNO3. The summed E-state index contributed by atoms with van der Waals surface area (Å²) in [7, 11) is 0. The van der Waals surface area contributed by atoms with E-state index in [2.05, 4.69) is 0 Å². The maximum Gasteiger partial charge on any atom is 0.223 e. The van der Waals surface area contributed by atoms with Gasteiger partial charge >= 0.3 is 0 Å². The highest BCUT2D eigenvalue weighted by Gasteiger charge is 2.26. The molecule has 1 N–H and O–H groups in total. The van der Waals surface area contributed by atoms with Gasteiger partial charge in [0, 0.05) is 13.0 Å². The second kappa shape index (κ2) is 6.63. The molecule has 0 aromatic heterocycles. The molecule has 1 amide bonds. The molecule has 4 nitrogen and oxygen atoms in total. The number of carbonyl (C=O) groups excluding carboxylic acids is 1. The van der Waals surface area contributed by atoms with Crippen molar-refractivity contribution in [3.63, 3.8) is 0 Å². The van der Waals surface area contributed by atoms with Crippen LogP contribution in [0.2, 0.25) is 0 Å². The first-order valence-electron chi connectivity index (χ1n) is 6.43. The second-order valence-electron chi connectivity index (χ2n) is 4.62. The van der Waals surface area contributed by atoms with Gasteiger partial charge in [-0.1, -0.05) is 12.1 Å². The molecule has 1 saturated heterocycles. The fourth-order valence-electron chi connectivity index (χ4n) is 2.18. The number of carbonyl (C=O) groups is 1. The van der Waals surface area contributed by atoms with Crippen molar-refractivity contribution in [1.82, 2.24) is 4.90 Å². The quantitative estimate of drug-likeness (QED) is 0.884. The number of halogens is 1. The minimum Gasteiger partial charge on any atom is -0.394 e. The van der Waals surface area contributed by atoms with Crippen molar-refractivity contribution in [3.8, 4) is 0 Å². The topological polar surface area (TPSA) is 49.8 Å².